The highest BCUT2D eigenvalue weighted by Crippen LogP contribution is 2.19. The quantitative estimate of drug-likeness (QED) is 0.732. The third-order valence-electron chi connectivity index (χ3n) is 3.08. The molecule has 0 saturated carbocycles. The number of esters is 1. The Labute approximate surface area is 98.1 Å². The molecule has 1 aliphatic heterocycles. The monoisotopic (exact) mass is 228 g/mol. The summed E-state index contributed by atoms with van der Waals surface area (Å²) in [5, 5.41) is 0. The minimum Gasteiger partial charge on any atom is -0.463 e. The van der Waals surface area contributed by atoms with Crippen molar-refractivity contribution in [3.63, 3.8) is 0 Å². The van der Waals surface area contributed by atoms with E-state index in [-0.39, 0.29) is 24.0 Å². The summed E-state index contributed by atoms with van der Waals surface area (Å²) in [6.07, 6.45) is 0.810. The molecule has 0 aromatic heterocycles. The summed E-state index contributed by atoms with van der Waals surface area (Å²) in [5.74, 6) is -0.314. The van der Waals surface area contributed by atoms with E-state index in [1.54, 1.807) is 0 Å². The molecule has 16 heavy (non-hydrogen) atoms. The molecule has 0 amide bonds. The lowest BCUT2D eigenvalue weighted by Crippen LogP contribution is -2.52. The largest absolute Gasteiger partial charge is 0.463 e. The van der Waals surface area contributed by atoms with Crippen molar-refractivity contribution in [1.82, 2.24) is 4.90 Å². The predicted molar refractivity (Wildman–Crippen MR) is 64.0 cm³/mol. The SMILES string of the molecule is CC(C)OC(=O)C1CN(C(C)C)CC[C@H]1N. The topological polar surface area (TPSA) is 55.6 Å². The van der Waals surface area contributed by atoms with Gasteiger partial charge in [-0.05, 0) is 40.7 Å². The number of rotatable bonds is 3. The first-order valence-corrected chi connectivity index (χ1v) is 6.12. The number of ether oxygens (including phenoxy) is 1. The third-order valence-corrected chi connectivity index (χ3v) is 3.08. The lowest BCUT2D eigenvalue weighted by molar-refractivity contribution is -0.155. The van der Waals surface area contributed by atoms with E-state index in [4.69, 9.17) is 10.5 Å². The van der Waals surface area contributed by atoms with Crippen LogP contribution in [0.5, 0.6) is 0 Å². The van der Waals surface area contributed by atoms with E-state index in [2.05, 4.69) is 18.7 Å². The molecule has 2 atom stereocenters. The van der Waals surface area contributed by atoms with E-state index in [1.807, 2.05) is 13.8 Å². The van der Waals surface area contributed by atoms with Crippen LogP contribution in [-0.2, 0) is 9.53 Å². The number of carbonyl (C=O) groups is 1. The van der Waals surface area contributed by atoms with E-state index in [9.17, 15) is 4.79 Å². The number of nitrogens with zero attached hydrogens (tertiary/aromatic N) is 1. The van der Waals surface area contributed by atoms with Crippen LogP contribution in [0.15, 0.2) is 0 Å². The molecule has 0 aliphatic carbocycles. The molecule has 0 spiro atoms. The summed E-state index contributed by atoms with van der Waals surface area (Å²) in [6, 6.07) is 0.406. The van der Waals surface area contributed by atoms with Crippen LogP contribution >= 0.6 is 0 Å². The smallest absolute Gasteiger partial charge is 0.312 e. The van der Waals surface area contributed by atoms with Gasteiger partial charge in [-0.25, -0.2) is 0 Å². The van der Waals surface area contributed by atoms with Crippen LogP contribution in [0.25, 0.3) is 0 Å². The van der Waals surface area contributed by atoms with Gasteiger partial charge in [0.2, 0.25) is 0 Å². The molecule has 0 aromatic rings. The normalized spacial score (nSPS) is 27.4. The standard InChI is InChI=1S/C12H24N2O2/c1-8(2)14-6-5-11(13)10(7-14)12(15)16-9(3)4/h8-11H,5-7,13H2,1-4H3/t10?,11-/m1/s1. The van der Waals surface area contributed by atoms with Crippen LogP contribution in [0.3, 0.4) is 0 Å². The number of hydrogen-bond donors (Lipinski definition) is 1. The molecule has 0 aromatic carbocycles. The lowest BCUT2D eigenvalue weighted by atomic mass is 9.92. The second kappa shape index (κ2) is 5.64. The Kier molecular flexibility index (Phi) is 4.74. The van der Waals surface area contributed by atoms with Gasteiger partial charge in [0.05, 0.1) is 12.0 Å². The first kappa shape index (κ1) is 13.5. The van der Waals surface area contributed by atoms with Gasteiger partial charge in [0.25, 0.3) is 0 Å². The van der Waals surface area contributed by atoms with E-state index < -0.39 is 0 Å². The van der Waals surface area contributed by atoms with Crippen molar-refractivity contribution in [2.75, 3.05) is 13.1 Å². The van der Waals surface area contributed by atoms with Gasteiger partial charge in [-0.3, -0.25) is 9.69 Å². The zero-order valence-corrected chi connectivity index (χ0v) is 10.8. The Morgan fingerprint density at radius 3 is 2.50 bits per heavy atom. The van der Waals surface area contributed by atoms with Gasteiger partial charge in [0, 0.05) is 18.6 Å². The van der Waals surface area contributed by atoms with Crippen molar-refractivity contribution in [3.05, 3.63) is 0 Å². The van der Waals surface area contributed by atoms with Gasteiger partial charge < -0.3 is 10.5 Å². The van der Waals surface area contributed by atoms with Gasteiger partial charge in [-0.1, -0.05) is 0 Å². The summed E-state index contributed by atoms with van der Waals surface area (Å²) in [4.78, 5) is 14.1. The molecular formula is C12H24N2O2. The molecule has 1 saturated heterocycles. The molecule has 4 nitrogen and oxygen atoms in total. The van der Waals surface area contributed by atoms with Crippen molar-refractivity contribution in [2.24, 2.45) is 11.7 Å². The molecule has 1 aliphatic rings. The van der Waals surface area contributed by atoms with Crippen molar-refractivity contribution in [2.45, 2.75) is 52.3 Å². The summed E-state index contributed by atoms with van der Waals surface area (Å²) >= 11 is 0. The summed E-state index contributed by atoms with van der Waals surface area (Å²) in [6.45, 7) is 9.72. The Morgan fingerprint density at radius 2 is 2.00 bits per heavy atom. The van der Waals surface area contributed by atoms with Gasteiger partial charge in [-0.2, -0.15) is 0 Å². The van der Waals surface area contributed by atoms with Crippen LogP contribution in [0.1, 0.15) is 34.1 Å². The molecule has 1 rings (SSSR count). The van der Waals surface area contributed by atoms with Crippen LogP contribution in [0.4, 0.5) is 0 Å². The molecule has 0 radical (unpaired) electrons. The fourth-order valence-corrected chi connectivity index (χ4v) is 2.03. The summed E-state index contributed by atoms with van der Waals surface area (Å²) in [7, 11) is 0. The summed E-state index contributed by atoms with van der Waals surface area (Å²) in [5.41, 5.74) is 5.99. The van der Waals surface area contributed by atoms with Crippen molar-refractivity contribution >= 4 is 5.97 Å². The highest BCUT2D eigenvalue weighted by atomic mass is 16.5. The molecule has 1 fully saturated rings. The predicted octanol–water partition coefficient (Wildman–Crippen LogP) is 0.996. The Bertz CT molecular complexity index is 241. The zero-order valence-electron chi connectivity index (χ0n) is 10.8. The first-order chi connectivity index (χ1) is 7.41. The van der Waals surface area contributed by atoms with E-state index in [0.717, 1.165) is 19.5 Å². The van der Waals surface area contributed by atoms with Crippen LogP contribution in [0.2, 0.25) is 0 Å². The zero-order chi connectivity index (χ0) is 12.3. The molecule has 1 unspecified atom stereocenters. The van der Waals surface area contributed by atoms with Crippen LogP contribution in [0, 0.1) is 5.92 Å². The van der Waals surface area contributed by atoms with E-state index in [1.165, 1.54) is 0 Å². The molecule has 94 valence electrons. The first-order valence-electron chi connectivity index (χ1n) is 6.12. The van der Waals surface area contributed by atoms with Gasteiger partial charge in [0.15, 0.2) is 0 Å². The maximum atomic E-state index is 11.9. The highest BCUT2D eigenvalue weighted by molar-refractivity contribution is 5.73. The third kappa shape index (κ3) is 3.46. The van der Waals surface area contributed by atoms with Gasteiger partial charge >= 0.3 is 5.97 Å². The fourth-order valence-electron chi connectivity index (χ4n) is 2.03. The minimum absolute atomic E-state index is 0.0544. The average molecular weight is 228 g/mol. The van der Waals surface area contributed by atoms with Crippen LogP contribution < -0.4 is 5.73 Å². The summed E-state index contributed by atoms with van der Waals surface area (Å²) < 4.78 is 5.24. The molecule has 0 bridgehead atoms. The van der Waals surface area contributed by atoms with Crippen molar-refractivity contribution < 1.29 is 9.53 Å². The van der Waals surface area contributed by atoms with Crippen molar-refractivity contribution in [3.8, 4) is 0 Å². The highest BCUT2D eigenvalue weighted by Gasteiger charge is 2.34. The van der Waals surface area contributed by atoms with Gasteiger partial charge in [-0.15, -0.1) is 0 Å². The second-order valence-corrected chi connectivity index (χ2v) is 5.13. The van der Waals surface area contributed by atoms with E-state index in [0.29, 0.717) is 6.04 Å². The Hall–Kier alpha value is -0.610. The molecule has 2 N–H and O–H groups in total. The number of nitrogens with two attached hydrogens (primary N) is 1. The second-order valence-electron chi connectivity index (χ2n) is 5.13. The minimum atomic E-state index is -0.168. The average Bonchev–Trinajstić information content (AvgIpc) is 2.16. The Morgan fingerprint density at radius 1 is 1.38 bits per heavy atom. The number of piperidine rings is 1. The van der Waals surface area contributed by atoms with Gasteiger partial charge in [0.1, 0.15) is 0 Å². The van der Waals surface area contributed by atoms with Crippen LogP contribution in [-0.4, -0.2) is 42.1 Å². The van der Waals surface area contributed by atoms with E-state index >= 15 is 0 Å². The molecular weight excluding hydrogens is 204 g/mol. The maximum absolute atomic E-state index is 11.9. The maximum Gasteiger partial charge on any atom is 0.312 e. The Balaban J connectivity index is 2.58. The fraction of sp³-hybridized carbons (Fsp3) is 0.917. The van der Waals surface area contributed by atoms with Crippen molar-refractivity contribution in [1.29, 1.82) is 0 Å². The lowest BCUT2D eigenvalue weighted by Gasteiger charge is -2.38. The number of hydrogen-bond acceptors (Lipinski definition) is 4. The number of likely N-dealkylation sites (tertiary alicyclic amines) is 1. The number of carbonyl (C=O) groups excluding carboxylic acids is 1. The molecule has 4 heteroatoms. The molecule has 1 heterocycles.